The van der Waals surface area contributed by atoms with Gasteiger partial charge in [-0.3, -0.25) is 0 Å². The van der Waals surface area contributed by atoms with Gasteiger partial charge in [0.25, 0.3) is 0 Å². The summed E-state index contributed by atoms with van der Waals surface area (Å²) in [7, 11) is 0. The van der Waals surface area contributed by atoms with E-state index in [-0.39, 0.29) is 5.82 Å². The summed E-state index contributed by atoms with van der Waals surface area (Å²) >= 11 is 0. The maximum atomic E-state index is 13.1. The summed E-state index contributed by atoms with van der Waals surface area (Å²) in [6, 6.07) is 4.92. The average Bonchev–Trinajstić information content (AvgIpc) is 2.18. The van der Waals surface area contributed by atoms with E-state index in [4.69, 9.17) is 4.74 Å². The van der Waals surface area contributed by atoms with Crippen molar-refractivity contribution < 1.29 is 9.13 Å². The zero-order valence-corrected chi connectivity index (χ0v) is 8.42. The smallest absolute Gasteiger partial charge is 0.129 e. The van der Waals surface area contributed by atoms with E-state index >= 15 is 0 Å². The summed E-state index contributed by atoms with van der Waals surface area (Å²) in [5, 5.41) is 0. The number of rotatable bonds is 5. The highest BCUT2D eigenvalue weighted by Gasteiger charge is 1.99. The van der Waals surface area contributed by atoms with Crippen molar-refractivity contribution in [3.05, 3.63) is 42.2 Å². The molecule has 0 aromatic heterocycles. The molecule has 0 aliphatic heterocycles. The molecule has 1 nitrogen and oxygen atoms in total. The van der Waals surface area contributed by atoms with Crippen molar-refractivity contribution in [1.29, 1.82) is 0 Å². The number of unbranched alkanes of at least 4 members (excludes halogenated alkanes) is 1. The Balaban J connectivity index is 2.43. The lowest BCUT2D eigenvalue weighted by Gasteiger charge is -2.05. The van der Waals surface area contributed by atoms with Gasteiger partial charge in [0.15, 0.2) is 0 Å². The van der Waals surface area contributed by atoms with Crippen LogP contribution in [0.5, 0.6) is 5.75 Å². The largest absolute Gasteiger partial charge is 0.493 e. The molecule has 14 heavy (non-hydrogen) atoms. The maximum absolute atomic E-state index is 13.1. The third-order valence-corrected chi connectivity index (χ3v) is 1.96. The molecule has 0 saturated carbocycles. The zero-order valence-electron chi connectivity index (χ0n) is 8.42. The van der Waals surface area contributed by atoms with Gasteiger partial charge < -0.3 is 4.74 Å². The fraction of sp³-hybridized carbons (Fsp3) is 0.333. The van der Waals surface area contributed by atoms with Crippen molar-refractivity contribution >= 4 is 0 Å². The minimum absolute atomic E-state index is 0.216. The number of benzene rings is 1. The Labute approximate surface area is 84.2 Å². The van der Waals surface area contributed by atoms with Crippen molar-refractivity contribution in [2.75, 3.05) is 6.61 Å². The number of allylic oxidation sites excluding steroid dienone is 1. The summed E-state index contributed by atoms with van der Waals surface area (Å²) in [5.74, 6) is 0.378. The van der Waals surface area contributed by atoms with E-state index in [2.05, 4.69) is 6.58 Å². The number of hydrogen-bond acceptors (Lipinski definition) is 1. The first-order valence-electron chi connectivity index (χ1n) is 4.74. The zero-order chi connectivity index (χ0) is 10.4. The van der Waals surface area contributed by atoms with E-state index < -0.39 is 0 Å². The topological polar surface area (TPSA) is 9.23 Å². The number of ether oxygens (including phenoxy) is 1. The molecule has 0 bridgehead atoms. The second-order valence-electron chi connectivity index (χ2n) is 3.19. The fourth-order valence-electron chi connectivity index (χ4n) is 1.08. The summed E-state index contributed by atoms with van der Waals surface area (Å²) in [6.07, 6.45) is 3.69. The van der Waals surface area contributed by atoms with Gasteiger partial charge in [0.05, 0.1) is 6.61 Å². The van der Waals surface area contributed by atoms with Gasteiger partial charge in [-0.15, -0.1) is 6.58 Å². The van der Waals surface area contributed by atoms with E-state index in [9.17, 15) is 4.39 Å². The molecule has 0 heterocycles. The quantitative estimate of drug-likeness (QED) is 0.515. The van der Waals surface area contributed by atoms with Crippen molar-refractivity contribution in [2.45, 2.75) is 19.8 Å². The van der Waals surface area contributed by atoms with Crippen LogP contribution in [0.25, 0.3) is 0 Å². The van der Waals surface area contributed by atoms with Gasteiger partial charge in [0.2, 0.25) is 0 Å². The van der Waals surface area contributed by atoms with E-state index in [0.717, 1.165) is 12.8 Å². The molecule has 0 aliphatic rings. The van der Waals surface area contributed by atoms with Crippen LogP contribution < -0.4 is 4.74 Å². The molecular weight excluding hydrogens is 179 g/mol. The predicted octanol–water partition coefficient (Wildman–Crippen LogP) is 3.48. The monoisotopic (exact) mass is 194 g/mol. The Morgan fingerprint density at radius 3 is 2.93 bits per heavy atom. The van der Waals surface area contributed by atoms with E-state index in [1.54, 1.807) is 19.1 Å². The van der Waals surface area contributed by atoms with Gasteiger partial charge in [-0.2, -0.15) is 0 Å². The van der Waals surface area contributed by atoms with Crippen LogP contribution in [-0.2, 0) is 0 Å². The Morgan fingerprint density at radius 1 is 1.50 bits per heavy atom. The lowest BCUT2D eigenvalue weighted by Crippen LogP contribution is -1.97. The second kappa shape index (κ2) is 5.43. The molecule has 76 valence electrons. The highest BCUT2D eigenvalue weighted by atomic mass is 19.1. The van der Waals surface area contributed by atoms with Gasteiger partial charge in [0, 0.05) is 6.07 Å². The molecule has 0 aliphatic carbocycles. The molecule has 1 rings (SSSR count). The van der Waals surface area contributed by atoms with Crippen molar-refractivity contribution in [3.63, 3.8) is 0 Å². The van der Waals surface area contributed by atoms with Gasteiger partial charge in [-0.05, 0) is 31.4 Å². The molecule has 0 unspecified atom stereocenters. The molecule has 0 amide bonds. The summed E-state index contributed by atoms with van der Waals surface area (Å²) in [6.45, 7) is 5.95. The highest BCUT2D eigenvalue weighted by Crippen LogP contribution is 2.15. The van der Waals surface area contributed by atoms with Crippen LogP contribution >= 0.6 is 0 Å². The van der Waals surface area contributed by atoms with Crippen LogP contribution in [0.3, 0.4) is 0 Å². The first-order valence-corrected chi connectivity index (χ1v) is 4.74. The summed E-state index contributed by atoms with van der Waals surface area (Å²) in [4.78, 5) is 0. The molecule has 0 N–H and O–H groups in total. The Hall–Kier alpha value is -1.31. The maximum Gasteiger partial charge on any atom is 0.129 e. The van der Waals surface area contributed by atoms with Crippen LogP contribution in [0.15, 0.2) is 30.9 Å². The van der Waals surface area contributed by atoms with E-state index in [0.29, 0.717) is 17.9 Å². The van der Waals surface area contributed by atoms with Gasteiger partial charge >= 0.3 is 0 Å². The number of hydrogen-bond donors (Lipinski definition) is 0. The average molecular weight is 194 g/mol. The van der Waals surface area contributed by atoms with Crippen molar-refractivity contribution in [1.82, 2.24) is 0 Å². The summed E-state index contributed by atoms with van der Waals surface area (Å²) in [5.41, 5.74) is 0.642. The predicted molar refractivity (Wildman–Crippen MR) is 56.1 cm³/mol. The van der Waals surface area contributed by atoms with Crippen molar-refractivity contribution in [3.8, 4) is 5.75 Å². The molecule has 0 spiro atoms. The lowest BCUT2D eigenvalue weighted by molar-refractivity contribution is 0.310. The minimum Gasteiger partial charge on any atom is -0.493 e. The molecular formula is C12H15FO. The van der Waals surface area contributed by atoms with Gasteiger partial charge in [-0.1, -0.05) is 12.1 Å². The Kier molecular flexibility index (Phi) is 4.17. The molecule has 1 aromatic carbocycles. The SMILES string of the molecule is C=CCCCOc1ccc(C)c(F)c1. The Bertz CT molecular complexity index is 307. The molecule has 0 atom stereocenters. The van der Waals surface area contributed by atoms with Crippen molar-refractivity contribution in [2.24, 2.45) is 0 Å². The number of halogens is 1. The molecule has 2 heteroatoms. The minimum atomic E-state index is -0.216. The number of aryl methyl sites for hydroxylation is 1. The van der Waals surface area contributed by atoms with Crippen LogP contribution in [0.2, 0.25) is 0 Å². The third kappa shape index (κ3) is 3.21. The van der Waals surface area contributed by atoms with Crippen LogP contribution in [0, 0.1) is 12.7 Å². The molecule has 0 fully saturated rings. The normalized spacial score (nSPS) is 9.86. The fourth-order valence-corrected chi connectivity index (χ4v) is 1.08. The third-order valence-electron chi connectivity index (χ3n) is 1.96. The van der Waals surface area contributed by atoms with E-state index in [1.807, 2.05) is 6.08 Å². The van der Waals surface area contributed by atoms with Crippen LogP contribution in [0.4, 0.5) is 4.39 Å². The summed E-state index contributed by atoms with van der Waals surface area (Å²) < 4.78 is 18.4. The van der Waals surface area contributed by atoms with Crippen LogP contribution in [0.1, 0.15) is 18.4 Å². The van der Waals surface area contributed by atoms with Gasteiger partial charge in [-0.25, -0.2) is 4.39 Å². The lowest BCUT2D eigenvalue weighted by atomic mass is 10.2. The molecule has 1 aromatic rings. The van der Waals surface area contributed by atoms with Crippen LogP contribution in [-0.4, -0.2) is 6.61 Å². The van der Waals surface area contributed by atoms with Gasteiger partial charge in [0.1, 0.15) is 11.6 Å². The standard InChI is InChI=1S/C12H15FO/c1-3-4-5-8-14-11-7-6-10(2)12(13)9-11/h3,6-7,9H,1,4-5,8H2,2H3. The van der Waals surface area contributed by atoms with E-state index in [1.165, 1.54) is 6.07 Å². The highest BCUT2D eigenvalue weighted by molar-refractivity contribution is 5.27. The molecule has 0 radical (unpaired) electrons. The first kappa shape index (κ1) is 10.8. The molecule has 0 saturated heterocycles. The second-order valence-corrected chi connectivity index (χ2v) is 3.19. The first-order chi connectivity index (χ1) is 6.74. The Morgan fingerprint density at radius 2 is 2.29 bits per heavy atom.